The molecule has 0 aliphatic carbocycles. The van der Waals surface area contributed by atoms with Crippen molar-refractivity contribution in [3.63, 3.8) is 0 Å². The van der Waals surface area contributed by atoms with Gasteiger partial charge in [0, 0.05) is 11.7 Å². The molecule has 0 aliphatic rings. The average Bonchev–Trinajstić information content (AvgIpc) is 2.33. The molecule has 0 bridgehead atoms. The summed E-state index contributed by atoms with van der Waals surface area (Å²) < 4.78 is 0. The lowest BCUT2D eigenvalue weighted by Crippen LogP contribution is -1.61. The number of aromatic amines is 1. The highest BCUT2D eigenvalue weighted by Crippen LogP contribution is 2.09. The van der Waals surface area contributed by atoms with Crippen molar-refractivity contribution in [3.8, 4) is 0 Å². The number of H-pyrrole nitrogens is 1. The Bertz CT molecular complexity index is 283. The van der Waals surface area contributed by atoms with E-state index in [1.165, 1.54) is 10.9 Å². The number of para-hydroxylation sites is 1. The van der Waals surface area contributed by atoms with Gasteiger partial charge in [0.2, 0.25) is 0 Å². The van der Waals surface area contributed by atoms with Gasteiger partial charge in [-0.3, -0.25) is 0 Å². The number of rotatable bonds is 0. The first-order valence-electron chi connectivity index (χ1n) is 2.99. The van der Waals surface area contributed by atoms with Crippen LogP contribution in [-0.4, -0.2) is 4.98 Å². The van der Waals surface area contributed by atoms with Crippen LogP contribution in [0.25, 0.3) is 10.9 Å². The van der Waals surface area contributed by atoms with Crippen molar-refractivity contribution in [2.75, 3.05) is 0 Å². The molecule has 0 atom stereocenters. The fourth-order valence-electron chi connectivity index (χ4n) is 0.995. The van der Waals surface area contributed by atoms with Crippen LogP contribution >= 0.6 is 0 Å². The van der Waals surface area contributed by atoms with Crippen LogP contribution in [0, 0.1) is 0 Å². The summed E-state index contributed by atoms with van der Waals surface area (Å²) in [5.74, 6) is 0. The summed E-state index contributed by atoms with van der Waals surface area (Å²) in [7, 11) is 0. The highest BCUT2D eigenvalue weighted by atomic mass is 14.6. The zero-order valence-electron chi connectivity index (χ0n) is 5.96. The van der Waals surface area contributed by atoms with Crippen LogP contribution in [-0.2, 0) is 0 Å². The van der Waals surface area contributed by atoms with Crippen molar-refractivity contribution in [1.29, 1.82) is 0 Å². The van der Waals surface area contributed by atoms with Crippen LogP contribution in [0.3, 0.4) is 0 Å². The van der Waals surface area contributed by atoms with Crippen LogP contribution in [0.5, 0.6) is 0 Å². The van der Waals surface area contributed by atoms with E-state index in [0.29, 0.717) is 0 Å². The molecule has 0 unspecified atom stereocenters. The highest BCUT2D eigenvalue weighted by molar-refractivity contribution is 5.78. The van der Waals surface area contributed by atoms with Gasteiger partial charge in [0.05, 0.1) is 0 Å². The van der Waals surface area contributed by atoms with Gasteiger partial charge in [0.15, 0.2) is 0 Å². The van der Waals surface area contributed by atoms with E-state index in [1.54, 1.807) is 0 Å². The van der Waals surface area contributed by atoms with E-state index in [-0.39, 0.29) is 1.43 Å². The summed E-state index contributed by atoms with van der Waals surface area (Å²) in [5.41, 5.74) is 1.21. The topological polar surface area (TPSA) is 15.8 Å². The Labute approximate surface area is 54.8 Å². The largest absolute Gasteiger partial charge is 1.00 e. The Balaban J connectivity index is 0.000000500. The molecule has 1 heterocycles. The standard InChI is InChI=1S/C8H7N/c1-2-4-8-7(3-1)5-6-9-8/h1-6,9H/p+1. The minimum atomic E-state index is 0. The molecule has 1 heteroatoms. The molecule has 0 spiro atoms. The third-order valence-corrected chi connectivity index (χ3v) is 1.46. The van der Waals surface area contributed by atoms with Crippen LogP contribution in [0.2, 0.25) is 0 Å². The van der Waals surface area contributed by atoms with Crippen LogP contribution in [0.1, 0.15) is 1.43 Å². The zero-order valence-corrected chi connectivity index (χ0v) is 4.96. The Morgan fingerprint density at radius 3 is 2.89 bits per heavy atom. The van der Waals surface area contributed by atoms with Gasteiger partial charge in [-0.25, -0.2) is 0 Å². The van der Waals surface area contributed by atoms with Crippen molar-refractivity contribution >= 4 is 10.9 Å². The molecule has 0 saturated carbocycles. The first kappa shape index (κ1) is 4.62. The van der Waals surface area contributed by atoms with E-state index in [2.05, 4.69) is 23.2 Å². The number of hydrogen-bond donors (Lipinski definition) is 1. The van der Waals surface area contributed by atoms with Gasteiger partial charge in [-0.2, -0.15) is 0 Å². The van der Waals surface area contributed by atoms with Gasteiger partial charge in [0.1, 0.15) is 0 Å². The molecule has 1 aromatic carbocycles. The van der Waals surface area contributed by atoms with Gasteiger partial charge in [-0.1, -0.05) is 18.2 Å². The van der Waals surface area contributed by atoms with E-state index in [0.717, 1.165) is 0 Å². The van der Waals surface area contributed by atoms with E-state index < -0.39 is 0 Å². The molecule has 1 aromatic heterocycles. The molecular weight excluding hydrogens is 110 g/mol. The van der Waals surface area contributed by atoms with Gasteiger partial charge >= 0.3 is 1.43 Å². The molecule has 0 saturated heterocycles. The SMILES string of the molecule is [H+].c1ccc2[nH]ccc2c1. The molecule has 0 fully saturated rings. The Morgan fingerprint density at radius 1 is 1.11 bits per heavy atom. The highest BCUT2D eigenvalue weighted by Gasteiger charge is 1.86. The second kappa shape index (κ2) is 1.62. The molecule has 44 valence electrons. The number of hydrogen-bond acceptors (Lipinski definition) is 0. The van der Waals surface area contributed by atoms with Crippen LogP contribution < -0.4 is 0 Å². The van der Waals surface area contributed by atoms with Crippen molar-refractivity contribution in [3.05, 3.63) is 36.5 Å². The molecule has 9 heavy (non-hydrogen) atoms. The maximum absolute atomic E-state index is 3.12. The quantitative estimate of drug-likeness (QED) is 0.546. The first-order chi connectivity index (χ1) is 4.47. The lowest BCUT2D eigenvalue weighted by atomic mass is 10.3. The van der Waals surface area contributed by atoms with E-state index >= 15 is 0 Å². The van der Waals surface area contributed by atoms with Crippen molar-refractivity contribution in [2.45, 2.75) is 0 Å². The Hall–Kier alpha value is -1.24. The van der Waals surface area contributed by atoms with E-state index in [9.17, 15) is 0 Å². The van der Waals surface area contributed by atoms with Crippen LogP contribution in [0.15, 0.2) is 36.5 Å². The van der Waals surface area contributed by atoms with E-state index in [4.69, 9.17) is 0 Å². The van der Waals surface area contributed by atoms with Gasteiger partial charge in [-0.05, 0) is 17.5 Å². The Morgan fingerprint density at radius 2 is 2.00 bits per heavy atom. The zero-order chi connectivity index (χ0) is 6.10. The van der Waals surface area contributed by atoms with Gasteiger partial charge in [-0.15, -0.1) is 0 Å². The lowest BCUT2D eigenvalue weighted by molar-refractivity contribution is 1.48. The fourth-order valence-corrected chi connectivity index (χ4v) is 0.995. The summed E-state index contributed by atoms with van der Waals surface area (Å²) in [6.07, 6.45) is 1.95. The number of aromatic nitrogens is 1. The van der Waals surface area contributed by atoms with Gasteiger partial charge < -0.3 is 4.98 Å². The molecule has 0 aliphatic heterocycles. The summed E-state index contributed by atoms with van der Waals surface area (Å²) in [4.78, 5) is 3.12. The van der Waals surface area contributed by atoms with Gasteiger partial charge in [0.25, 0.3) is 0 Å². The summed E-state index contributed by atoms with van der Waals surface area (Å²) >= 11 is 0. The molecule has 0 radical (unpaired) electrons. The minimum Gasteiger partial charge on any atom is -0.361 e. The van der Waals surface area contributed by atoms with Crippen molar-refractivity contribution < 1.29 is 1.43 Å². The van der Waals surface area contributed by atoms with Crippen LogP contribution in [0.4, 0.5) is 0 Å². The average molecular weight is 118 g/mol. The summed E-state index contributed by atoms with van der Waals surface area (Å²) in [6.45, 7) is 0. The second-order valence-corrected chi connectivity index (χ2v) is 2.06. The number of fused-ring (bicyclic) bond motifs is 1. The molecular formula is C8H8N+. The van der Waals surface area contributed by atoms with Crippen molar-refractivity contribution in [2.24, 2.45) is 0 Å². The molecule has 2 rings (SSSR count). The first-order valence-corrected chi connectivity index (χ1v) is 2.99. The third-order valence-electron chi connectivity index (χ3n) is 1.46. The maximum atomic E-state index is 3.12. The monoisotopic (exact) mass is 118 g/mol. The predicted molar refractivity (Wildman–Crippen MR) is 39.4 cm³/mol. The second-order valence-electron chi connectivity index (χ2n) is 2.06. The maximum Gasteiger partial charge on any atom is 1.00 e. The molecule has 1 nitrogen and oxygen atoms in total. The fraction of sp³-hybridized carbons (Fsp3) is 0. The number of benzene rings is 1. The molecule has 1 N–H and O–H groups in total. The predicted octanol–water partition coefficient (Wildman–Crippen LogP) is 2.28. The smallest absolute Gasteiger partial charge is 0.361 e. The normalized spacial score (nSPS) is 10.2. The Kier molecular flexibility index (Phi) is 0.833. The van der Waals surface area contributed by atoms with E-state index in [1.807, 2.05) is 18.3 Å². The van der Waals surface area contributed by atoms with Crippen molar-refractivity contribution in [1.82, 2.24) is 4.98 Å². The summed E-state index contributed by atoms with van der Waals surface area (Å²) in [5, 5.41) is 1.28. The third kappa shape index (κ3) is 0.617. The summed E-state index contributed by atoms with van der Waals surface area (Å²) in [6, 6.07) is 10.3. The number of nitrogens with one attached hydrogen (secondary N) is 1. The minimum absolute atomic E-state index is 0. The lowest BCUT2D eigenvalue weighted by Gasteiger charge is -1.83. The molecule has 2 aromatic rings. The molecule has 0 amide bonds.